The van der Waals surface area contributed by atoms with E-state index in [1.165, 1.54) is 0 Å². The van der Waals surface area contributed by atoms with Crippen LogP contribution in [0.5, 0.6) is 0 Å². The largest absolute Gasteiger partial charge is 0.446 e. The quantitative estimate of drug-likeness (QED) is 0.890. The molecule has 0 radical (unpaired) electrons. The highest BCUT2D eigenvalue weighted by Gasteiger charge is 2.31. The van der Waals surface area contributed by atoms with Crippen LogP contribution in [0.3, 0.4) is 0 Å². The van der Waals surface area contributed by atoms with E-state index in [0.29, 0.717) is 5.92 Å². The van der Waals surface area contributed by atoms with E-state index in [1.54, 1.807) is 0 Å². The summed E-state index contributed by atoms with van der Waals surface area (Å²) in [7, 11) is 1.86. The van der Waals surface area contributed by atoms with E-state index in [9.17, 15) is 4.79 Å². The monoisotopic (exact) mass is 278 g/mol. The first-order valence-corrected chi connectivity index (χ1v) is 7.45. The number of hydrogen-bond acceptors (Lipinski definition) is 4. The second kappa shape index (κ2) is 5.73. The highest BCUT2D eigenvalue weighted by atomic mass is 16.6. The molecule has 1 amide bonds. The minimum Gasteiger partial charge on any atom is -0.446 e. The molecule has 0 spiro atoms. The number of carbonyl (C=O) groups is 1. The van der Waals surface area contributed by atoms with Gasteiger partial charge in [-0.25, -0.2) is 4.79 Å². The molecular weight excluding hydrogens is 256 g/mol. The number of hydrogen-bond donors (Lipinski definition) is 2. The SMILES string of the molecule is CNc1cc(C2CCC(OC(=O)N3CCCC3)C2)[nH]n1. The maximum Gasteiger partial charge on any atom is 0.410 e. The molecule has 2 atom stereocenters. The fourth-order valence-corrected chi connectivity index (χ4v) is 3.12. The number of nitrogens with one attached hydrogen (secondary N) is 2. The van der Waals surface area contributed by atoms with Gasteiger partial charge in [0.25, 0.3) is 0 Å². The van der Waals surface area contributed by atoms with E-state index in [-0.39, 0.29) is 12.2 Å². The number of likely N-dealkylation sites (tertiary alicyclic amines) is 1. The Hall–Kier alpha value is -1.72. The second-order valence-corrected chi connectivity index (χ2v) is 5.67. The molecule has 1 aromatic rings. The molecule has 1 aliphatic heterocycles. The van der Waals surface area contributed by atoms with E-state index in [0.717, 1.165) is 56.7 Å². The zero-order chi connectivity index (χ0) is 13.9. The van der Waals surface area contributed by atoms with E-state index < -0.39 is 0 Å². The molecule has 1 saturated carbocycles. The Bertz CT molecular complexity index is 467. The highest BCUT2D eigenvalue weighted by molar-refractivity contribution is 5.68. The molecule has 2 unspecified atom stereocenters. The number of nitrogens with zero attached hydrogens (tertiary/aromatic N) is 2. The lowest BCUT2D eigenvalue weighted by Gasteiger charge is -2.19. The summed E-state index contributed by atoms with van der Waals surface area (Å²) < 4.78 is 5.62. The molecule has 110 valence electrons. The maximum absolute atomic E-state index is 12.0. The van der Waals surface area contributed by atoms with Crippen molar-refractivity contribution in [2.45, 2.75) is 44.1 Å². The average molecular weight is 278 g/mol. The standard InChI is InChI=1S/C14H22N4O2/c1-15-13-9-12(16-17-13)10-4-5-11(8-10)20-14(19)18-6-2-3-7-18/h9-11H,2-8H2,1H3,(H2,15,16,17). The van der Waals surface area contributed by atoms with Crippen LogP contribution >= 0.6 is 0 Å². The first-order chi connectivity index (χ1) is 9.76. The summed E-state index contributed by atoms with van der Waals surface area (Å²) in [6.45, 7) is 1.70. The van der Waals surface area contributed by atoms with Gasteiger partial charge >= 0.3 is 6.09 Å². The van der Waals surface area contributed by atoms with Gasteiger partial charge in [-0.1, -0.05) is 0 Å². The van der Waals surface area contributed by atoms with Crippen molar-refractivity contribution in [1.29, 1.82) is 0 Å². The van der Waals surface area contributed by atoms with E-state index in [1.807, 2.05) is 18.0 Å². The van der Waals surface area contributed by atoms with Crippen molar-refractivity contribution in [2.24, 2.45) is 0 Å². The minimum atomic E-state index is -0.131. The van der Waals surface area contributed by atoms with Gasteiger partial charge in [0.05, 0.1) is 0 Å². The van der Waals surface area contributed by atoms with Crippen molar-refractivity contribution in [3.8, 4) is 0 Å². The zero-order valence-corrected chi connectivity index (χ0v) is 11.9. The molecule has 0 aromatic carbocycles. The number of H-pyrrole nitrogens is 1. The first kappa shape index (κ1) is 13.3. The summed E-state index contributed by atoms with van der Waals surface area (Å²) in [5.41, 5.74) is 1.13. The normalized spacial score (nSPS) is 25.9. The van der Waals surface area contributed by atoms with E-state index in [2.05, 4.69) is 15.5 Å². The Morgan fingerprint density at radius 3 is 2.95 bits per heavy atom. The van der Waals surface area contributed by atoms with Crippen LogP contribution in [-0.2, 0) is 4.74 Å². The van der Waals surface area contributed by atoms with Crippen LogP contribution in [-0.4, -0.2) is 47.4 Å². The molecule has 6 heteroatoms. The van der Waals surface area contributed by atoms with Gasteiger partial charge in [-0.3, -0.25) is 5.10 Å². The highest BCUT2D eigenvalue weighted by Crippen LogP contribution is 2.36. The topological polar surface area (TPSA) is 70.2 Å². The smallest absolute Gasteiger partial charge is 0.410 e. The van der Waals surface area contributed by atoms with Crippen molar-refractivity contribution in [3.05, 3.63) is 11.8 Å². The molecule has 2 heterocycles. The Morgan fingerprint density at radius 2 is 2.25 bits per heavy atom. The number of carbonyl (C=O) groups excluding carboxylic acids is 1. The van der Waals surface area contributed by atoms with Crippen molar-refractivity contribution in [2.75, 3.05) is 25.5 Å². The summed E-state index contributed by atoms with van der Waals surface area (Å²) in [6.07, 6.45) is 5.00. The number of anilines is 1. The summed E-state index contributed by atoms with van der Waals surface area (Å²) in [4.78, 5) is 13.8. The van der Waals surface area contributed by atoms with Crippen molar-refractivity contribution < 1.29 is 9.53 Å². The lowest BCUT2D eigenvalue weighted by atomic mass is 10.0. The Morgan fingerprint density at radius 1 is 1.45 bits per heavy atom. The summed E-state index contributed by atoms with van der Waals surface area (Å²) in [6, 6.07) is 2.04. The van der Waals surface area contributed by atoms with Gasteiger partial charge in [0.15, 0.2) is 0 Å². The molecule has 0 bridgehead atoms. The van der Waals surface area contributed by atoms with E-state index >= 15 is 0 Å². The van der Waals surface area contributed by atoms with Gasteiger partial charge in [0.1, 0.15) is 11.9 Å². The fraction of sp³-hybridized carbons (Fsp3) is 0.714. The average Bonchev–Trinajstić information content (AvgIpc) is 3.19. The number of aromatic amines is 1. The molecule has 6 nitrogen and oxygen atoms in total. The van der Waals surface area contributed by atoms with Crippen LogP contribution in [0, 0.1) is 0 Å². The van der Waals surface area contributed by atoms with Gasteiger partial charge in [-0.05, 0) is 32.1 Å². The summed E-state index contributed by atoms with van der Waals surface area (Å²) >= 11 is 0. The summed E-state index contributed by atoms with van der Waals surface area (Å²) in [5.74, 6) is 1.28. The Labute approximate surface area is 118 Å². The van der Waals surface area contributed by atoms with Crippen LogP contribution in [0.4, 0.5) is 10.6 Å². The van der Waals surface area contributed by atoms with Crippen LogP contribution in [0.15, 0.2) is 6.07 Å². The molecule has 1 saturated heterocycles. The third-order valence-electron chi connectivity index (χ3n) is 4.31. The van der Waals surface area contributed by atoms with Gasteiger partial charge in [-0.2, -0.15) is 5.10 Å². The number of rotatable bonds is 3. The maximum atomic E-state index is 12.0. The molecule has 2 N–H and O–H groups in total. The van der Waals surface area contributed by atoms with Gasteiger partial charge in [0, 0.05) is 37.8 Å². The molecule has 1 aromatic heterocycles. The summed E-state index contributed by atoms with van der Waals surface area (Å²) in [5, 5.41) is 10.3. The molecule has 3 rings (SSSR count). The lowest BCUT2D eigenvalue weighted by molar-refractivity contribution is 0.0709. The predicted octanol–water partition coefficient (Wildman–Crippen LogP) is 2.32. The predicted molar refractivity (Wildman–Crippen MR) is 75.8 cm³/mol. The van der Waals surface area contributed by atoms with Crippen molar-refractivity contribution in [1.82, 2.24) is 15.1 Å². The van der Waals surface area contributed by atoms with E-state index in [4.69, 9.17) is 4.74 Å². The zero-order valence-electron chi connectivity index (χ0n) is 11.9. The van der Waals surface area contributed by atoms with Crippen LogP contribution in [0.2, 0.25) is 0 Å². The fourth-order valence-electron chi connectivity index (χ4n) is 3.12. The van der Waals surface area contributed by atoms with Gasteiger partial charge in [-0.15, -0.1) is 0 Å². The molecular formula is C14H22N4O2. The number of ether oxygens (including phenoxy) is 1. The van der Waals surface area contributed by atoms with Crippen molar-refractivity contribution >= 4 is 11.9 Å². The third-order valence-corrected chi connectivity index (χ3v) is 4.31. The van der Waals surface area contributed by atoms with Crippen LogP contribution in [0.25, 0.3) is 0 Å². The molecule has 1 aliphatic carbocycles. The third kappa shape index (κ3) is 2.73. The van der Waals surface area contributed by atoms with Crippen LogP contribution < -0.4 is 5.32 Å². The van der Waals surface area contributed by atoms with Crippen LogP contribution in [0.1, 0.15) is 43.7 Å². The molecule has 2 aliphatic rings. The lowest BCUT2D eigenvalue weighted by Crippen LogP contribution is -2.31. The number of aromatic nitrogens is 2. The van der Waals surface area contributed by atoms with Gasteiger partial charge in [0.2, 0.25) is 0 Å². The molecule has 2 fully saturated rings. The number of amides is 1. The molecule has 20 heavy (non-hydrogen) atoms. The Kier molecular flexibility index (Phi) is 3.80. The van der Waals surface area contributed by atoms with Gasteiger partial charge < -0.3 is 15.0 Å². The minimum absolute atomic E-state index is 0.0504. The Balaban J connectivity index is 1.52. The van der Waals surface area contributed by atoms with Crippen molar-refractivity contribution in [3.63, 3.8) is 0 Å². The second-order valence-electron chi connectivity index (χ2n) is 5.67. The first-order valence-electron chi connectivity index (χ1n) is 7.45.